The van der Waals surface area contributed by atoms with Crippen molar-refractivity contribution >= 4 is 41.0 Å². The van der Waals surface area contributed by atoms with E-state index in [1.54, 1.807) is 30.6 Å². The van der Waals surface area contributed by atoms with Gasteiger partial charge in [0.2, 0.25) is 5.82 Å². The number of ether oxygens (including phenoxy) is 2. The molecule has 0 spiro atoms. The molecule has 0 saturated carbocycles. The van der Waals surface area contributed by atoms with Crippen molar-refractivity contribution in [1.82, 2.24) is 9.88 Å². The molecule has 254 valence electrons. The van der Waals surface area contributed by atoms with Gasteiger partial charge in [-0.1, -0.05) is 17.7 Å². The summed E-state index contributed by atoms with van der Waals surface area (Å²) in [4.78, 5) is 46.2. The summed E-state index contributed by atoms with van der Waals surface area (Å²) < 4.78 is 66.0. The molecule has 0 aliphatic carbocycles. The third kappa shape index (κ3) is 8.55. The minimum atomic E-state index is -4.79. The van der Waals surface area contributed by atoms with Crippen molar-refractivity contribution in [1.29, 1.82) is 0 Å². The molecule has 1 unspecified atom stereocenters. The molecule has 2 heterocycles. The molecule has 2 amide bonds. The maximum absolute atomic E-state index is 13.8. The SMILES string of the molecule is CC(c1ccc(F)cc1C(F)(F)F)N1C[C@H](C)N(c2cc(Cl)nc(N(C(=O)OC(C)(C)C)C(=O)OC(C)(C)C)c2[N+](=O)[O-])C[C@H]1C. The summed E-state index contributed by atoms with van der Waals surface area (Å²) in [7, 11) is 0. The molecule has 1 saturated heterocycles. The highest BCUT2D eigenvalue weighted by Crippen LogP contribution is 2.43. The fourth-order valence-electron chi connectivity index (χ4n) is 5.24. The van der Waals surface area contributed by atoms with E-state index in [0.29, 0.717) is 11.0 Å². The summed E-state index contributed by atoms with van der Waals surface area (Å²) in [6, 6.07) is 1.90. The Morgan fingerprint density at radius 3 is 2.04 bits per heavy atom. The lowest BCUT2D eigenvalue weighted by molar-refractivity contribution is -0.383. The van der Waals surface area contributed by atoms with E-state index in [1.807, 2.05) is 0 Å². The number of nitrogens with zero attached hydrogens (tertiary/aromatic N) is 5. The van der Waals surface area contributed by atoms with Crippen LogP contribution in [0.2, 0.25) is 5.15 Å². The van der Waals surface area contributed by atoms with E-state index in [2.05, 4.69) is 4.98 Å². The monoisotopic (exact) mass is 675 g/mol. The van der Waals surface area contributed by atoms with E-state index >= 15 is 0 Å². The summed E-state index contributed by atoms with van der Waals surface area (Å²) in [5.41, 5.74) is -4.25. The van der Waals surface area contributed by atoms with Gasteiger partial charge >= 0.3 is 24.1 Å². The van der Waals surface area contributed by atoms with Crippen LogP contribution >= 0.6 is 11.6 Å². The van der Waals surface area contributed by atoms with Crippen LogP contribution < -0.4 is 9.80 Å². The van der Waals surface area contributed by atoms with Gasteiger partial charge in [0.15, 0.2) is 0 Å². The van der Waals surface area contributed by atoms with Gasteiger partial charge in [-0.25, -0.2) is 19.0 Å². The second kappa shape index (κ2) is 13.2. The average molecular weight is 676 g/mol. The Morgan fingerprint density at radius 2 is 1.57 bits per heavy atom. The lowest BCUT2D eigenvalue weighted by Gasteiger charge is -2.47. The van der Waals surface area contributed by atoms with Gasteiger partial charge in [0, 0.05) is 37.3 Å². The molecule has 1 fully saturated rings. The molecular formula is C30H38ClF4N5O6. The summed E-state index contributed by atoms with van der Waals surface area (Å²) >= 11 is 6.34. The third-order valence-corrected chi connectivity index (χ3v) is 7.28. The molecule has 46 heavy (non-hydrogen) atoms. The van der Waals surface area contributed by atoms with E-state index in [1.165, 1.54) is 47.6 Å². The minimum absolute atomic E-state index is 0.0630. The van der Waals surface area contributed by atoms with Gasteiger partial charge in [0.1, 0.15) is 27.9 Å². The van der Waals surface area contributed by atoms with Crippen LogP contribution in [0.25, 0.3) is 0 Å². The number of hydrogen-bond donors (Lipinski definition) is 0. The van der Waals surface area contributed by atoms with Crippen molar-refractivity contribution in [2.24, 2.45) is 0 Å². The number of amides is 2. The molecule has 3 atom stereocenters. The first kappa shape index (κ1) is 36.7. The van der Waals surface area contributed by atoms with Crippen molar-refractivity contribution in [3.8, 4) is 0 Å². The van der Waals surface area contributed by atoms with E-state index in [9.17, 15) is 37.3 Å². The number of hydrogen-bond acceptors (Lipinski definition) is 9. The number of halogens is 5. The Labute approximate surface area is 269 Å². The van der Waals surface area contributed by atoms with Gasteiger partial charge in [0.05, 0.1) is 10.5 Å². The van der Waals surface area contributed by atoms with Crippen LogP contribution in [0.5, 0.6) is 0 Å². The van der Waals surface area contributed by atoms with Crippen LogP contribution in [0.1, 0.15) is 79.5 Å². The fourth-order valence-corrected chi connectivity index (χ4v) is 5.42. The van der Waals surface area contributed by atoms with Crippen LogP contribution in [0.3, 0.4) is 0 Å². The molecule has 2 aromatic rings. The lowest BCUT2D eigenvalue weighted by atomic mass is 9.96. The van der Waals surface area contributed by atoms with E-state index in [-0.39, 0.29) is 29.5 Å². The first-order valence-corrected chi connectivity index (χ1v) is 14.8. The van der Waals surface area contributed by atoms with Crippen LogP contribution in [0, 0.1) is 15.9 Å². The van der Waals surface area contributed by atoms with E-state index < -0.39 is 75.5 Å². The summed E-state index contributed by atoms with van der Waals surface area (Å²) in [5, 5.41) is 12.4. The summed E-state index contributed by atoms with van der Waals surface area (Å²) in [5.74, 6) is -1.74. The molecule has 1 aromatic heterocycles. The zero-order valence-corrected chi connectivity index (χ0v) is 27.8. The quantitative estimate of drug-likeness (QED) is 0.134. The topological polar surface area (TPSA) is 118 Å². The first-order chi connectivity index (χ1) is 20.9. The number of aromatic nitrogens is 1. The van der Waals surface area contributed by atoms with Crippen molar-refractivity contribution in [3.05, 3.63) is 56.5 Å². The summed E-state index contributed by atoms with van der Waals surface area (Å²) in [6.45, 7) is 14.4. The number of carbonyl (C=O) groups excluding carboxylic acids is 2. The second-order valence-corrected chi connectivity index (χ2v) is 13.5. The Morgan fingerprint density at radius 1 is 1.02 bits per heavy atom. The predicted octanol–water partition coefficient (Wildman–Crippen LogP) is 8.14. The van der Waals surface area contributed by atoms with Crippen molar-refractivity contribution in [3.63, 3.8) is 0 Å². The molecule has 3 rings (SSSR count). The number of carbonyl (C=O) groups is 2. The van der Waals surface area contributed by atoms with Gasteiger partial charge in [-0.05, 0) is 80.0 Å². The Balaban J connectivity index is 2.10. The van der Waals surface area contributed by atoms with Gasteiger partial charge in [-0.15, -0.1) is 0 Å². The number of pyridine rings is 1. The van der Waals surface area contributed by atoms with Gasteiger partial charge in [-0.3, -0.25) is 15.0 Å². The highest BCUT2D eigenvalue weighted by molar-refractivity contribution is 6.30. The molecule has 1 aromatic carbocycles. The summed E-state index contributed by atoms with van der Waals surface area (Å²) in [6.07, 6.45) is -7.36. The van der Waals surface area contributed by atoms with Crippen LogP contribution in [0.4, 0.5) is 44.3 Å². The molecule has 1 aliphatic rings. The lowest BCUT2D eigenvalue weighted by Crippen LogP contribution is -2.57. The largest absolute Gasteiger partial charge is 0.443 e. The number of imide groups is 1. The smallest absolute Gasteiger partial charge is 0.426 e. The standard InChI is InChI=1S/C30H38ClF4N5O6/c1-16-15-38(17(2)14-37(16)18(3)20-11-10-19(32)12-21(20)30(33,34)35)22-13-23(31)36-25(24(22)40(43)44)39(26(41)45-28(4,5)6)27(42)46-29(7,8)9/h10-13,16-18H,14-15H2,1-9H3/t16-,17+,18?/m1/s1. The van der Waals surface area contributed by atoms with Gasteiger partial charge < -0.3 is 14.4 Å². The molecular weight excluding hydrogens is 638 g/mol. The highest BCUT2D eigenvalue weighted by Gasteiger charge is 2.43. The normalized spacial score (nSPS) is 18.6. The third-order valence-electron chi connectivity index (χ3n) is 7.08. The zero-order chi connectivity index (χ0) is 35.1. The Hall–Kier alpha value is -3.72. The molecule has 0 N–H and O–H groups in total. The molecule has 1 aliphatic heterocycles. The number of alkyl halides is 3. The number of anilines is 2. The van der Waals surface area contributed by atoms with Gasteiger partial charge in [-0.2, -0.15) is 18.1 Å². The Bertz CT molecular complexity index is 1470. The number of nitro groups is 1. The maximum Gasteiger partial charge on any atom is 0.426 e. The van der Waals surface area contributed by atoms with Crippen molar-refractivity contribution in [2.45, 2.75) is 97.8 Å². The molecule has 0 bridgehead atoms. The fraction of sp³-hybridized carbons (Fsp3) is 0.567. The number of benzene rings is 1. The average Bonchev–Trinajstić information content (AvgIpc) is 2.86. The number of piperazine rings is 1. The van der Waals surface area contributed by atoms with Crippen molar-refractivity contribution in [2.75, 3.05) is 22.9 Å². The van der Waals surface area contributed by atoms with Crippen LogP contribution in [-0.2, 0) is 15.7 Å². The van der Waals surface area contributed by atoms with Crippen molar-refractivity contribution < 1.29 is 41.5 Å². The second-order valence-electron chi connectivity index (χ2n) is 13.1. The zero-order valence-electron chi connectivity index (χ0n) is 27.0. The highest BCUT2D eigenvalue weighted by atomic mass is 35.5. The first-order valence-electron chi connectivity index (χ1n) is 14.4. The Kier molecular flexibility index (Phi) is 10.5. The maximum atomic E-state index is 13.8. The van der Waals surface area contributed by atoms with E-state index in [4.69, 9.17) is 21.1 Å². The van der Waals surface area contributed by atoms with Gasteiger partial charge in [0.25, 0.3) is 0 Å². The molecule has 0 radical (unpaired) electrons. The number of rotatable bonds is 5. The van der Waals surface area contributed by atoms with Crippen LogP contribution in [-0.4, -0.2) is 63.4 Å². The van der Waals surface area contributed by atoms with E-state index in [0.717, 1.165) is 12.1 Å². The molecule has 16 heteroatoms. The molecule has 11 nitrogen and oxygen atoms in total. The minimum Gasteiger partial charge on any atom is -0.443 e. The van der Waals surface area contributed by atoms with Crippen LogP contribution in [0.15, 0.2) is 24.3 Å². The predicted molar refractivity (Wildman–Crippen MR) is 164 cm³/mol.